The first-order valence-electron chi connectivity index (χ1n) is 13.9. The molecule has 0 aromatic heterocycles. The van der Waals surface area contributed by atoms with Crippen LogP contribution in [0.15, 0.2) is 35.9 Å². The van der Waals surface area contributed by atoms with Crippen LogP contribution >= 0.6 is 0 Å². The van der Waals surface area contributed by atoms with Gasteiger partial charge in [-0.15, -0.1) is 0 Å². The minimum atomic E-state index is -0.723. The smallest absolute Gasteiger partial charge is 0.309 e. The van der Waals surface area contributed by atoms with Gasteiger partial charge in [-0.25, -0.2) is 0 Å². The lowest BCUT2D eigenvalue weighted by Gasteiger charge is -2.68. The summed E-state index contributed by atoms with van der Waals surface area (Å²) in [6, 6.07) is 7.72. The number of carbonyl (C=O) groups excluding carboxylic acids is 2. The molecule has 7 rings (SSSR count). The number of amides is 2. The van der Waals surface area contributed by atoms with E-state index in [-0.39, 0.29) is 52.2 Å². The Morgan fingerprint density at radius 3 is 2.36 bits per heavy atom. The van der Waals surface area contributed by atoms with Gasteiger partial charge in [0.15, 0.2) is 0 Å². The van der Waals surface area contributed by atoms with E-state index in [4.69, 9.17) is 0 Å². The normalized spacial score (nSPS) is 43.2. The van der Waals surface area contributed by atoms with Gasteiger partial charge < -0.3 is 5.11 Å². The van der Waals surface area contributed by atoms with E-state index in [1.54, 1.807) is 0 Å². The number of nitrogens with zero attached hydrogens (tertiary/aromatic N) is 1. The molecule has 1 aromatic rings. The Labute approximate surface area is 214 Å². The van der Waals surface area contributed by atoms with Crippen molar-refractivity contribution in [1.82, 2.24) is 0 Å². The second-order valence-electron chi connectivity index (χ2n) is 13.3. The van der Waals surface area contributed by atoms with Gasteiger partial charge >= 0.3 is 5.97 Å². The Bertz CT molecular complexity index is 1180. The summed E-state index contributed by atoms with van der Waals surface area (Å²) in [6.45, 7) is 10.7. The maximum atomic E-state index is 14.2. The molecule has 1 heterocycles. The highest BCUT2D eigenvalue weighted by Gasteiger charge is 2.73. The van der Waals surface area contributed by atoms with Gasteiger partial charge in [0.05, 0.1) is 22.9 Å². The second kappa shape index (κ2) is 7.55. The van der Waals surface area contributed by atoms with E-state index < -0.39 is 11.4 Å². The summed E-state index contributed by atoms with van der Waals surface area (Å²) >= 11 is 0. The van der Waals surface area contributed by atoms with Gasteiger partial charge in [-0.1, -0.05) is 56.5 Å². The molecule has 0 unspecified atom stereocenters. The number of aliphatic carboxylic acids is 1. The zero-order chi connectivity index (χ0) is 25.8. The highest BCUT2D eigenvalue weighted by atomic mass is 16.4. The second-order valence-corrected chi connectivity index (χ2v) is 13.3. The van der Waals surface area contributed by atoms with E-state index in [2.05, 4.69) is 26.8 Å². The molecule has 5 aliphatic carbocycles. The van der Waals surface area contributed by atoms with Crippen LogP contribution in [0.5, 0.6) is 0 Å². The zero-order valence-electron chi connectivity index (χ0n) is 22.2. The number of benzene rings is 1. The van der Waals surface area contributed by atoms with Gasteiger partial charge in [-0.3, -0.25) is 19.3 Å². The fourth-order valence-corrected chi connectivity index (χ4v) is 9.91. The van der Waals surface area contributed by atoms with Crippen LogP contribution in [0.25, 0.3) is 0 Å². The molecule has 1 aliphatic heterocycles. The van der Waals surface area contributed by atoms with Crippen molar-refractivity contribution >= 4 is 23.5 Å². The number of fused-ring (bicyclic) bond motifs is 1. The number of carboxylic acid groups (broad SMARTS) is 1. The summed E-state index contributed by atoms with van der Waals surface area (Å²) in [5, 5.41) is 10.3. The van der Waals surface area contributed by atoms with Crippen LogP contribution in [0.2, 0.25) is 0 Å². The largest absolute Gasteiger partial charge is 0.481 e. The van der Waals surface area contributed by atoms with E-state index in [1.165, 1.54) is 10.5 Å². The van der Waals surface area contributed by atoms with E-state index in [0.717, 1.165) is 44.1 Å². The van der Waals surface area contributed by atoms with Gasteiger partial charge in [-0.2, -0.15) is 0 Å². The predicted molar refractivity (Wildman–Crippen MR) is 138 cm³/mol. The number of carbonyl (C=O) groups is 3. The molecule has 192 valence electrons. The lowest BCUT2D eigenvalue weighted by molar-refractivity contribution is -0.194. The van der Waals surface area contributed by atoms with Crippen molar-refractivity contribution in [2.45, 2.75) is 73.1 Å². The van der Waals surface area contributed by atoms with Gasteiger partial charge in [0, 0.05) is 5.41 Å². The third-order valence-corrected chi connectivity index (χ3v) is 11.5. The van der Waals surface area contributed by atoms with E-state index in [0.29, 0.717) is 11.6 Å². The Balaban J connectivity index is 1.49. The van der Waals surface area contributed by atoms with Crippen molar-refractivity contribution in [3.05, 3.63) is 41.5 Å². The van der Waals surface area contributed by atoms with Crippen molar-refractivity contribution in [1.29, 1.82) is 0 Å². The van der Waals surface area contributed by atoms with Crippen molar-refractivity contribution in [2.75, 3.05) is 4.90 Å². The van der Waals surface area contributed by atoms with Crippen molar-refractivity contribution in [3.8, 4) is 0 Å². The van der Waals surface area contributed by atoms with Crippen LogP contribution in [-0.2, 0) is 14.4 Å². The summed E-state index contributed by atoms with van der Waals surface area (Å²) in [5.41, 5.74) is 1.89. The van der Waals surface area contributed by atoms with Gasteiger partial charge in [0.25, 0.3) is 0 Å². The molecule has 0 radical (unpaired) electrons. The average molecular weight is 490 g/mol. The van der Waals surface area contributed by atoms with Crippen LogP contribution < -0.4 is 4.90 Å². The fourth-order valence-electron chi connectivity index (χ4n) is 9.91. The molecule has 1 N–H and O–H groups in total. The number of hydrogen-bond acceptors (Lipinski definition) is 3. The van der Waals surface area contributed by atoms with Gasteiger partial charge in [-0.05, 0) is 87.2 Å². The lowest BCUT2D eigenvalue weighted by atomic mass is 9.34. The summed E-state index contributed by atoms with van der Waals surface area (Å²) in [4.78, 5) is 42.3. The number of allylic oxidation sites excluding steroid dienone is 2. The first-order chi connectivity index (χ1) is 17.0. The van der Waals surface area contributed by atoms with Crippen molar-refractivity contribution in [2.24, 2.45) is 51.8 Å². The van der Waals surface area contributed by atoms with Crippen LogP contribution in [0.1, 0.15) is 71.8 Å². The van der Waals surface area contributed by atoms with Crippen LogP contribution in [0, 0.1) is 58.7 Å². The predicted octanol–water partition coefficient (Wildman–Crippen LogP) is 6.01. The molecule has 4 fully saturated rings. The Kier molecular flexibility index (Phi) is 5.02. The maximum Gasteiger partial charge on any atom is 0.309 e. The highest BCUT2D eigenvalue weighted by Crippen LogP contribution is 2.74. The summed E-state index contributed by atoms with van der Waals surface area (Å²) in [6.07, 6.45) is 7.58. The van der Waals surface area contributed by atoms with E-state index >= 15 is 0 Å². The molecule has 3 saturated carbocycles. The molecule has 36 heavy (non-hydrogen) atoms. The molecule has 6 aliphatic rings. The minimum Gasteiger partial charge on any atom is -0.481 e. The molecule has 1 spiro atoms. The minimum absolute atomic E-state index is 0.0331. The Morgan fingerprint density at radius 1 is 1.03 bits per heavy atom. The zero-order valence-corrected chi connectivity index (χ0v) is 22.2. The monoisotopic (exact) mass is 489 g/mol. The van der Waals surface area contributed by atoms with Crippen molar-refractivity contribution in [3.63, 3.8) is 0 Å². The summed E-state index contributed by atoms with van der Waals surface area (Å²) in [5.74, 6) is -0.679. The maximum absolute atomic E-state index is 14.2. The van der Waals surface area contributed by atoms with Crippen LogP contribution in [-0.4, -0.2) is 22.9 Å². The van der Waals surface area contributed by atoms with E-state index in [9.17, 15) is 19.5 Å². The fraction of sp³-hybridized carbons (Fsp3) is 0.645. The lowest BCUT2D eigenvalue weighted by Crippen LogP contribution is -2.65. The molecule has 1 saturated heterocycles. The number of rotatable bonds is 3. The van der Waals surface area contributed by atoms with Gasteiger partial charge in [0.2, 0.25) is 11.8 Å². The molecule has 5 nitrogen and oxygen atoms in total. The van der Waals surface area contributed by atoms with E-state index in [1.807, 2.05) is 38.1 Å². The van der Waals surface area contributed by atoms with Gasteiger partial charge in [0.1, 0.15) is 0 Å². The average Bonchev–Trinajstić information content (AvgIpc) is 3.11. The highest BCUT2D eigenvalue weighted by molar-refractivity contribution is 6.23. The molecular weight excluding hydrogens is 450 g/mol. The Hall–Kier alpha value is -2.43. The molecule has 2 amide bonds. The summed E-state index contributed by atoms with van der Waals surface area (Å²) in [7, 11) is 0. The standard InChI is InChI=1S/C31H39NO4/c1-17(2)21-16-31-14-11-22-29(4,12-6-13-30(22,5)28(35)36)23(31)15-20(21)24-25(31)27(34)32(26(24)33)19-9-7-18(3)8-10-19/h7-10,16-17,20,22-25H,6,11-15H2,1-5H3,(H,35,36)/t20-,22+,23+,24+,25+,29+,30-,31-/m0/s1. The third-order valence-electron chi connectivity index (χ3n) is 11.5. The molecule has 2 bridgehead atoms. The molecule has 1 aromatic carbocycles. The molecule has 5 heteroatoms. The number of anilines is 1. The first-order valence-corrected chi connectivity index (χ1v) is 13.9. The number of carboxylic acids is 1. The first kappa shape index (κ1) is 23.9. The van der Waals surface area contributed by atoms with Crippen molar-refractivity contribution < 1.29 is 19.5 Å². The number of hydrogen-bond donors (Lipinski definition) is 1. The molecular formula is C31H39NO4. The Morgan fingerprint density at radius 2 is 1.72 bits per heavy atom. The van der Waals surface area contributed by atoms with Crippen LogP contribution in [0.4, 0.5) is 5.69 Å². The SMILES string of the molecule is Cc1ccc(N2C(=O)[C@@H]3[C@H]4C[C@@H]5[C@]6(C)CCC[C@](C)(C(=O)O)[C@@H]6CC[C@@]5(C=C4C(C)C)[C@H]3C2=O)cc1. The third kappa shape index (κ3) is 2.80. The number of imide groups is 1. The number of aryl methyl sites for hydroxylation is 1. The molecule has 8 atom stereocenters. The topological polar surface area (TPSA) is 74.7 Å². The quantitative estimate of drug-likeness (QED) is 0.417. The summed E-state index contributed by atoms with van der Waals surface area (Å²) < 4.78 is 0. The van der Waals surface area contributed by atoms with Crippen LogP contribution in [0.3, 0.4) is 0 Å².